The van der Waals surface area contributed by atoms with Gasteiger partial charge in [-0.2, -0.15) is 13.2 Å². The Kier molecular flexibility index (Phi) is 4.99. The minimum absolute atomic E-state index is 0.0788. The van der Waals surface area contributed by atoms with E-state index in [1.807, 2.05) is 0 Å². The molecule has 0 fully saturated rings. The van der Waals surface area contributed by atoms with E-state index in [9.17, 15) is 18.0 Å². The highest BCUT2D eigenvalue weighted by Crippen LogP contribution is 2.33. The third-order valence-electron chi connectivity index (χ3n) is 2.98. The summed E-state index contributed by atoms with van der Waals surface area (Å²) in [4.78, 5) is 12.0. The minimum Gasteiger partial charge on any atom is -0.383 e. The van der Waals surface area contributed by atoms with Crippen molar-refractivity contribution in [3.05, 3.63) is 41.7 Å². The Bertz CT molecular complexity index is 685. The molecular weight excluding hydrogens is 313 g/mol. The zero-order chi connectivity index (χ0) is 17.0. The predicted molar refractivity (Wildman–Crippen MR) is 75.2 cm³/mol. The number of benzene rings is 1. The highest BCUT2D eigenvalue weighted by atomic mass is 19.4. The third-order valence-corrected chi connectivity index (χ3v) is 2.98. The van der Waals surface area contributed by atoms with Gasteiger partial charge in [0.05, 0.1) is 24.1 Å². The van der Waals surface area contributed by atoms with Crippen molar-refractivity contribution in [2.24, 2.45) is 0 Å². The van der Waals surface area contributed by atoms with Crippen LogP contribution in [0, 0.1) is 0 Å². The Labute approximate surface area is 130 Å². The van der Waals surface area contributed by atoms with E-state index in [0.717, 1.165) is 16.9 Å². The number of halogens is 3. The lowest BCUT2D eigenvalue weighted by atomic mass is 10.1. The van der Waals surface area contributed by atoms with Gasteiger partial charge in [0.15, 0.2) is 5.69 Å². The van der Waals surface area contributed by atoms with E-state index in [4.69, 9.17) is 4.74 Å². The van der Waals surface area contributed by atoms with Gasteiger partial charge in [-0.3, -0.25) is 4.79 Å². The summed E-state index contributed by atoms with van der Waals surface area (Å²) in [6, 6.07) is 4.67. The van der Waals surface area contributed by atoms with Gasteiger partial charge in [-0.05, 0) is 19.1 Å². The summed E-state index contributed by atoms with van der Waals surface area (Å²) >= 11 is 0. The molecule has 0 spiro atoms. The second kappa shape index (κ2) is 6.78. The average molecular weight is 328 g/mol. The molecule has 2 aromatic rings. The predicted octanol–water partition coefficient (Wildman–Crippen LogP) is 2.05. The molecule has 1 aromatic heterocycles. The molecule has 9 heteroatoms. The molecule has 0 aliphatic heterocycles. The highest BCUT2D eigenvalue weighted by Gasteiger charge is 2.34. The minimum atomic E-state index is -4.53. The van der Waals surface area contributed by atoms with Crippen molar-refractivity contribution in [3.63, 3.8) is 0 Å². The normalized spacial score (nSPS) is 12.9. The maximum Gasteiger partial charge on any atom is 0.418 e. The standard InChI is InChI=1S/C14H15F3N4O2/c1-9(8-23-2)18-13(22)11-7-21(20-19-11)12-6-4-3-5-10(12)14(15,16)17/h3-7,9H,8H2,1-2H3,(H,18,22)/t9-/m1/s1. The van der Waals surface area contributed by atoms with Gasteiger partial charge in [-0.15, -0.1) is 5.10 Å². The van der Waals surface area contributed by atoms with Crippen LogP contribution in [0.1, 0.15) is 23.0 Å². The lowest BCUT2D eigenvalue weighted by molar-refractivity contribution is -0.137. The number of nitrogens with zero attached hydrogens (tertiary/aromatic N) is 3. The van der Waals surface area contributed by atoms with Crippen LogP contribution in [0.3, 0.4) is 0 Å². The Morgan fingerprint density at radius 2 is 2.09 bits per heavy atom. The van der Waals surface area contributed by atoms with Crippen LogP contribution in [0.15, 0.2) is 30.5 Å². The number of amides is 1. The number of rotatable bonds is 5. The van der Waals surface area contributed by atoms with Crippen molar-refractivity contribution >= 4 is 5.91 Å². The third kappa shape index (κ3) is 4.07. The number of nitrogens with one attached hydrogen (secondary N) is 1. The number of alkyl halides is 3. The summed E-state index contributed by atoms with van der Waals surface area (Å²) in [5.74, 6) is -0.537. The topological polar surface area (TPSA) is 69.0 Å². The number of carbonyl (C=O) groups is 1. The summed E-state index contributed by atoms with van der Waals surface area (Å²) in [6.45, 7) is 2.03. The monoisotopic (exact) mass is 328 g/mol. The second-order valence-electron chi connectivity index (χ2n) is 4.89. The van der Waals surface area contributed by atoms with Crippen molar-refractivity contribution in [1.29, 1.82) is 0 Å². The van der Waals surface area contributed by atoms with Crippen molar-refractivity contribution in [1.82, 2.24) is 20.3 Å². The first kappa shape index (κ1) is 16.9. The van der Waals surface area contributed by atoms with E-state index in [2.05, 4.69) is 15.6 Å². The molecule has 1 atom stereocenters. The van der Waals surface area contributed by atoms with E-state index in [-0.39, 0.29) is 17.4 Å². The Morgan fingerprint density at radius 1 is 1.39 bits per heavy atom. The zero-order valence-corrected chi connectivity index (χ0v) is 12.5. The SMILES string of the molecule is COC[C@@H](C)NC(=O)c1cn(-c2ccccc2C(F)(F)F)nn1. The smallest absolute Gasteiger partial charge is 0.383 e. The molecule has 1 amide bonds. The van der Waals surface area contributed by atoms with E-state index in [1.165, 1.54) is 25.3 Å². The van der Waals surface area contributed by atoms with Crippen LogP contribution in [-0.4, -0.2) is 40.7 Å². The van der Waals surface area contributed by atoms with Gasteiger partial charge in [-0.25, -0.2) is 4.68 Å². The second-order valence-corrected chi connectivity index (χ2v) is 4.89. The molecule has 124 valence electrons. The van der Waals surface area contributed by atoms with E-state index >= 15 is 0 Å². The Hall–Kier alpha value is -2.42. The van der Waals surface area contributed by atoms with E-state index in [0.29, 0.717) is 6.61 Å². The number of carbonyl (C=O) groups excluding carboxylic acids is 1. The largest absolute Gasteiger partial charge is 0.418 e. The fraction of sp³-hybridized carbons (Fsp3) is 0.357. The van der Waals surface area contributed by atoms with Gasteiger partial charge in [0.2, 0.25) is 0 Å². The molecule has 0 unspecified atom stereocenters. The fourth-order valence-electron chi connectivity index (χ4n) is 1.99. The number of methoxy groups -OCH3 is 1. The number of hydrogen-bond acceptors (Lipinski definition) is 4. The molecule has 0 radical (unpaired) electrons. The zero-order valence-electron chi connectivity index (χ0n) is 12.5. The molecule has 2 rings (SSSR count). The number of hydrogen-bond donors (Lipinski definition) is 1. The molecule has 23 heavy (non-hydrogen) atoms. The summed E-state index contributed by atoms with van der Waals surface area (Å²) in [5.41, 5.74) is -1.13. The highest BCUT2D eigenvalue weighted by molar-refractivity contribution is 5.92. The summed E-state index contributed by atoms with van der Waals surface area (Å²) in [6.07, 6.45) is -3.38. The number of aromatic nitrogens is 3. The molecule has 0 aliphatic carbocycles. The van der Waals surface area contributed by atoms with Gasteiger partial charge >= 0.3 is 6.18 Å². The lowest BCUT2D eigenvalue weighted by Gasteiger charge is -2.12. The van der Waals surface area contributed by atoms with Crippen LogP contribution in [0.2, 0.25) is 0 Å². The molecule has 1 heterocycles. The van der Waals surface area contributed by atoms with Crippen LogP contribution >= 0.6 is 0 Å². The summed E-state index contributed by atoms with van der Waals surface area (Å²) < 4.78 is 44.8. The van der Waals surface area contributed by atoms with Crippen molar-refractivity contribution in [3.8, 4) is 5.69 Å². The Balaban J connectivity index is 2.25. The van der Waals surface area contributed by atoms with Gasteiger partial charge < -0.3 is 10.1 Å². The summed E-state index contributed by atoms with van der Waals surface area (Å²) in [5, 5.41) is 9.84. The van der Waals surface area contributed by atoms with Crippen molar-refractivity contribution in [2.75, 3.05) is 13.7 Å². The molecule has 6 nitrogen and oxygen atoms in total. The summed E-state index contributed by atoms with van der Waals surface area (Å²) in [7, 11) is 1.49. The van der Waals surface area contributed by atoms with Crippen LogP contribution in [0.5, 0.6) is 0 Å². The van der Waals surface area contributed by atoms with Gasteiger partial charge in [-0.1, -0.05) is 17.3 Å². The first-order valence-corrected chi connectivity index (χ1v) is 6.71. The molecule has 0 bridgehead atoms. The maximum absolute atomic E-state index is 13.0. The molecule has 0 aliphatic rings. The quantitative estimate of drug-likeness (QED) is 0.912. The molecule has 0 saturated heterocycles. The average Bonchev–Trinajstić information content (AvgIpc) is 2.96. The van der Waals surface area contributed by atoms with E-state index in [1.54, 1.807) is 6.92 Å². The van der Waals surface area contributed by atoms with Gasteiger partial charge in [0.25, 0.3) is 5.91 Å². The van der Waals surface area contributed by atoms with Crippen LogP contribution < -0.4 is 5.32 Å². The molecule has 1 aromatic carbocycles. The van der Waals surface area contributed by atoms with Gasteiger partial charge in [0, 0.05) is 13.2 Å². The van der Waals surface area contributed by atoms with Crippen LogP contribution in [0.25, 0.3) is 5.69 Å². The Morgan fingerprint density at radius 3 is 2.74 bits per heavy atom. The lowest BCUT2D eigenvalue weighted by Crippen LogP contribution is -2.35. The first-order chi connectivity index (χ1) is 10.8. The van der Waals surface area contributed by atoms with Gasteiger partial charge in [0.1, 0.15) is 0 Å². The van der Waals surface area contributed by atoms with E-state index < -0.39 is 17.6 Å². The number of ether oxygens (including phenoxy) is 1. The first-order valence-electron chi connectivity index (χ1n) is 6.71. The fourth-order valence-corrected chi connectivity index (χ4v) is 1.99. The molecule has 0 saturated carbocycles. The van der Waals surface area contributed by atoms with Crippen molar-refractivity contribution < 1.29 is 22.7 Å². The molecule has 1 N–H and O–H groups in total. The van der Waals surface area contributed by atoms with Crippen molar-refractivity contribution in [2.45, 2.75) is 19.1 Å². The van der Waals surface area contributed by atoms with Crippen LogP contribution in [0.4, 0.5) is 13.2 Å². The number of para-hydroxylation sites is 1. The molecular formula is C14H15F3N4O2. The van der Waals surface area contributed by atoms with Crippen LogP contribution in [-0.2, 0) is 10.9 Å². The maximum atomic E-state index is 13.0.